The fraction of sp³-hybridized carbons (Fsp3) is 1.00. The summed E-state index contributed by atoms with van der Waals surface area (Å²) in [7, 11) is 0. The molecular formula is C8H18. The second-order valence-electron chi connectivity index (χ2n) is 2.26. The van der Waals surface area contributed by atoms with Crippen LogP contribution in [0.15, 0.2) is 0 Å². The zero-order valence-corrected chi connectivity index (χ0v) is 6.11. The van der Waals surface area contributed by atoms with E-state index in [-0.39, 0.29) is 6.40 Å². The average Bonchev–Trinajstić information content (AvgIpc) is 1.80. The molecule has 0 saturated carbocycles. The van der Waals surface area contributed by atoms with Crippen molar-refractivity contribution in [2.45, 2.75) is 52.3 Å². The van der Waals surface area contributed by atoms with Gasteiger partial charge >= 0.3 is 0 Å². The summed E-state index contributed by atoms with van der Waals surface area (Å²) >= 11 is 0. The lowest BCUT2D eigenvalue weighted by Crippen LogP contribution is -1.73. The van der Waals surface area contributed by atoms with Crippen LogP contribution in [0.4, 0.5) is 0 Å². The fourth-order valence-electron chi connectivity index (χ4n) is 0.775. The Bertz CT molecular complexity index is 50.5. The molecule has 0 nitrogen and oxygen atoms in total. The molecule has 0 aromatic carbocycles. The molecule has 0 N–H and O–H groups in total. The fourth-order valence-corrected chi connectivity index (χ4v) is 0.775. The van der Waals surface area contributed by atoms with Gasteiger partial charge in [0.25, 0.3) is 0 Å². The van der Waals surface area contributed by atoms with Gasteiger partial charge in [0.05, 0.1) is 0 Å². The Labute approximate surface area is 54.7 Å². The summed E-state index contributed by atoms with van der Waals surface area (Å²) in [6, 6.07) is 0. The third kappa shape index (κ3) is 6.00. The molecule has 0 bridgehead atoms. The van der Waals surface area contributed by atoms with E-state index in [9.17, 15) is 0 Å². The van der Waals surface area contributed by atoms with Crippen molar-refractivity contribution in [2.24, 2.45) is 0 Å². The highest BCUT2D eigenvalue weighted by Crippen LogP contribution is 2.03. The summed E-state index contributed by atoms with van der Waals surface area (Å²) in [5, 5.41) is 0. The van der Waals surface area contributed by atoms with Gasteiger partial charge in [0.15, 0.2) is 0 Å². The van der Waals surface area contributed by atoms with Gasteiger partial charge in [0.2, 0.25) is 0 Å². The monoisotopic (exact) mass is 115 g/mol. The number of rotatable bonds is 5. The first-order valence-corrected chi connectivity index (χ1v) is 3.69. The highest BCUT2D eigenvalue weighted by molar-refractivity contribution is 4.39. The summed E-state index contributed by atoms with van der Waals surface area (Å²) in [5.74, 6) is 0. The first-order chi connectivity index (χ1) is 4.27. The van der Waals surface area contributed by atoms with E-state index < -0.39 is 0 Å². The highest BCUT2D eigenvalue weighted by Gasteiger charge is 1.83. The van der Waals surface area contributed by atoms with Crippen molar-refractivity contribution < 1.29 is 1.37 Å². The SMILES string of the molecule is [2H]C(C)CCCCCC. The van der Waals surface area contributed by atoms with Crippen molar-refractivity contribution in [3.05, 3.63) is 0 Å². The van der Waals surface area contributed by atoms with Crippen LogP contribution in [0.5, 0.6) is 0 Å². The van der Waals surface area contributed by atoms with E-state index in [0.717, 1.165) is 6.42 Å². The molecule has 0 amide bonds. The second kappa shape index (κ2) is 7.00. The maximum atomic E-state index is 7.21. The largest absolute Gasteiger partial charge is 0.0654 e. The van der Waals surface area contributed by atoms with Crippen LogP contribution in [0.25, 0.3) is 0 Å². The van der Waals surface area contributed by atoms with E-state index >= 15 is 0 Å². The first-order valence-electron chi connectivity index (χ1n) is 4.27. The second-order valence-corrected chi connectivity index (χ2v) is 2.26. The van der Waals surface area contributed by atoms with Crippen LogP contribution in [-0.4, -0.2) is 0 Å². The van der Waals surface area contributed by atoms with Gasteiger partial charge in [-0.1, -0.05) is 52.3 Å². The Morgan fingerprint density at radius 1 is 1.00 bits per heavy atom. The molecule has 0 aliphatic carbocycles. The lowest BCUT2D eigenvalue weighted by atomic mass is 10.1. The van der Waals surface area contributed by atoms with E-state index in [4.69, 9.17) is 1.37 Å². The van der Waals surface area contributed by atoms with Gasteiger partial charge in [-0.25, -0.2) is 0 Å². The summed E-state index contributed by atoms with van der Waals surface area (Å²) in [6.07, 6.45) is 6.44. The molecule has 0 aliphatic heterocycles. The predicted molar refractivity (Wildman–Crippen MR) is 39.1 cm³/mol. The molecule has 0 aromatic heterocycles. The van der Waals surface area contributed by atoms with Crippen LogP contribution < -0.4 is 0 Å². The van der Waals surface area contributed by atoms with Crippen LogP contribution in [0.3, 0.4) is 0 Å². The molecule has 0 spiro atoms. The lowest BCUT2D eigenvalue weighted by molar-refractivity contribution is 0.624. The average molecular weight is 115 g/mol. The highest BCUT2D eigenvalue weighted by atomic mass is 13.9. The Kier molecular flexibility index (Phi) is 5.36. The molecule has 0 aromatic rings. The summed E-state index contributed by atoms with van der Waals surface area (Å²) in [5.41, 5.74) is 0. The van der Waals surface area contributed by atoms with Gasteiger partial charge in [-0.05, 0) is 0 Å². The van der Waals surface area contributed by atoms with E-state index in [2.05, 4.69) is 6.92 Å². The molecule has 0 aliphatic rings. The van der Waals surface area contributed by atoms with E-state index in [0.29, 0.717) is 0 Å². The Hall–Kier alpha value is 0. The lowest BCUT2D eigenvalue weighted by Gasteiger charge is -1.93. The molecule has 0 heterocycles. The number of hydrogen-bond donors (Lipinski definition) is 0. The van der Waals surface area contributed by atoms with Gasteiger partial charge in [0.1, 0.15) is 0 Å². The molecule has 8 heavy (non-hydrogen) atoms. The standard InChI is InChI=1S/C8H18/c1-3-5-7-8-6-4-2/h3-8H2,1-2H3/i3D. The molecule has 0 radical (unpaired) electrons. The van der Waals surface area contributed by atoms with Gasteiger partial charge < -0.3 is 0 Å². The van der Waals surface area contributed by atoms with Crippen molar-refractivity contribution in [1.29, 1.82) is 0 Å². The molecular weight excluding hydrogens is 96.1 g/mol. The van der Waals surface area contributed by atoms with Crippen molar-refractivity contribution in [3.8, 4) is 0 Å². The number of unbranched alkanes of at least 4 members (excludes halogenated alkanes) is 3. The Morgan fingerprint density at radius 2 is 1.62 bits per heavy atom. The van der Waals surface area contributed by atoms with E-state index in [1.165, 1.54) is 25.7 Å². The quantitative estimate of drug-likeness (QED) is 0.482. The van der Waals surface area contributed by atoms with Crippen molar-refractivity contribution >= 4 is 0 Å². The van der Waals surface area contributed by atoms with Gasteiger partial charge in [-0.3, -0.25) is 0 Å². The molecule has 1 atom stereocenters. The van der Waals surface area contributed by atoms with Gasteiger partial charge in [-0.15, -0.1) is 0 Å². The van der Waals surface area contributed by atoms with E-state index in [1.54, 1.807) is 0 Å². The third-order valence-electron chi connectivity index (χ3n) is 1.35. The predicted octanol–water partition coefficient (Wildman–Crippen LogP) is 3.37. The van der Waals surface area contributed by atoms with E-state index in [1.807, 2.05) is 6.92 Å². The van der Waals surface area contributed by atoms with Gasteiger partial charge in [-0.2, -0.15) is 0 Å². The summed E-state index contributed by atoms with van der Waals surface area (Å²) < 4.78 is 7.21. The molecule has 1 unspecified atom stereocenters. The molecule has 0 saturated heterocycles. The maximum absolute atomic E-state index is 7.21. The maximum Gasteiger partial charge on any atom is 0.0264 e. The van der Waals surface area contributed by atoms with Crippen LogP contribution in [0, 0.1) is 0 Å². The Balaban J connectivity index is 2.75. The van der Waals surface area contributed by atoms with Crippen molar-refractivity contribution in [3.63, 3.8) is 0 Å². The zero-order chi connectivity index (χ0) is 7.11. The summed E-state index contributed by atoms with van der Waals surface area (Å²) in [6.45, 7) is 4.18. The summed E-state index contributed by atoms with van der Waals surface area (Å²) in [4.78, 5) is 0. The molecule has 50 valence electrons. The van der Waals surface area contributed by atoms with Crippen LogP contribution in [-0.2, 0) is 0 Å². The number of hydrogen-bond acceptors (Lipinski definition) is 0. The third-order valence-corrected chi connectivity index (χ3v) is 1.35. The Morgan fingerprint density at radius 3 is 2.12 bits per heavy atom. The smallest absolute Gasteiger partial charge is 0.0264 e. The van der Waals surface area contributed by atoms with Gasteiger partial charge in [0, 0.05) is 1.37 Å². The van der Waals surface area contributed by atoms with Crippen molar-refractivity contribution in [2.75, 3.05) is 0 Å². The zero-order valence-electron chi connectivity index (χ0n) is 7.11. The molecule has 0 fully saturated rings. The topological polar surface area (TPSA) is 0 Å². The first kappa shape index (κ1) is 6.12. The molecule has 0 heteroatoms. The van der Waals surface area contributed by atoms with Crippen LogP contribution in [0.1, 0.15) is 53.7 Å². The van der Waals surface area contributed by atoms with Crippen LogP contribution in [0.2, 0.25) is 0 Å². The minimum atomic E-state index is 0.154. The van der Waals surface area contributed by atoms with Crippen molar-refractivity contribution in [1.82, 2.24) is 0 Å². The van der Waals surface area contributed by atoms with Crippen LogP contribution >= 0.6 is 0 Å². The minimum Gasteiger partial charge on any atom is -0.0654 e. The minimum absolute atomic E-state index is 0.154. The normalized spacial score (nSPS) is 15.5. The molecule has 0 rings (SSSR count).